The number of aromatic nitrogens is 2. The molecule has 0 atom stereocenters. The normalized spacial score (nSPS) is 16.4. The summed E-state index contributed by atoms with van der Waals surface area (Å²) in [6, 6.07) is 0. The predicted molar refractivity (Wildman–Crippen MR) is 32.4 cm³/mol. The molecule has 0 amide bonds. The van der Waals surface area contributed by atoms with E-state index in [0.29, 0.717) is 0 Å². The maximum absolute atomic E-state index is 5.27. The van der Waals surface area contributed by atoms with Crippen LogP contribution in [-0.2, 0) is 6.42 Å². The van der Waals surface area contributed by atoms with E-state index in [9.17, 15) is 0 Å². The van der Waals surface area contributed by atoms with Gasteiger partial charge in [0, 0.05) is 0 Å². The first-order valence-corrected chi connectivity index (χ1v) is 3.12. The lowest BCUT2D eigenvalue weighted by Gasteiger charge is -2.10. The van der Waals surface area contributed by atoms with Gasteiger partial charge in [0.05, 0.1) is 18.5 Å². The molecule has 0 saturated carbocycles. The van der Waals surface area contributed by atoms with Crippen molar-refractivity contribution >= 4 is 0 Å². The van der Waals surface area contributed by atoms with Gasteiger partial charge in [-0.1, -0.05) is 0 Å². The van der Waals surface area contributed by atoms with E-state index in [4.69, 9.17) is 4.74 Å². The molecule has 1 N–H and O–H groups in total. The summed E-state index contributed by atoms with van der Waals surface area (Å²) in [5.74, 6) is 0.932. The molecule has 0 aromatic carbocycles. The van der Waals surface area contributed by atoms with Gasteiger partial charge in [-0.05, 0) is 12.8 Å². The fraction of sp³-hybridized carbons (Fsp3) is 0.500. The number of nitrogens with zero attached hydrogens (tertiary/aromatic N) is 1. The van der Waals surface area contributed by atoms with E-state index < -0.39 is 0 Å². The number of aryl methyl sites for hydroxylation is 1. The Bertz CT molecular complexity index is 186. The van der Waals surface area contributed by atoms with Crippen molar-refractivity contribution in [1.29, 1.82) is 0 Å². The molecular weight excluding hydrogens is 116 g/mol. The van der Waals surface area contributed by atoms with Crippen LogP contribution < -0.4 is 4.74 Å². The highest BCUT2D eigenvalue weighted by Gasteiger charge is 2.10. The number of hydrogen-bond donors (Lipinski definition) is 1. The van der Waals surface area contributed by atoms with Gasteiger partial charge in [0.15, 0.2) is 5.75 Å². The van der Waals surface area contributed by atoms with Crippen molar-refractivity contribution in [2.75, 3.05) is 6.61 Å². The van der Waals surface area contributed by atoms with E-state index >= 15 is 0 Å². The first kappa shape index (κ1) is 4.85. The second-order valence-corrected chi connectivity index (χ2v) is 2.16. The Morgan fingerprint density at radius 2 is 2.67 bits per heavy atom. The van der Waals surface area contributed by atoms with Crippen LogP contribution in [0.4, 0.5) is 0 Å². The predicted octanol–water partition coefficient (Wildman–Crippen LogP) is 0.735. The van der Waals surface area contributed by atoms with Gasteiger partial charge >= 0.3 is 0 Å². The molecule has 0 bridgehead atoms. The van der Waals surface area contributed by atoms with Crippen LogP contribution in [0.1, 0.15) is 12.1 Å². The Morgan fingerprint density at radius 3 is 3.56 bits per heavy atom. The second-order valence-electron chi connectivity index (χ2n) is 2.16. The number of fused-ring (bicyclic) bond motifs is 1. The lowest BCUT2D eigenvalue weighted by atomic mass is 10.2. The molecule has 0 aliphatic carbocycles. The van der Waals surface area contributed by atoms with Crippen LogP contribution in [0.3, 0.4) is 0 Å². The SMILES string of the molecule is c1n[nH]c2c1OCCC2. The van der Waals surface area contributed by atoms with Gasteiger partial charge in [-0.15, -0.1) is 0 Å². The average molecular weight is 124 g/mol. The third kappa shape index (κ3) is 0.686. The first-order chi connectivity index (χ1) is 4.47. The summed E-state index contributed by atoms with van der Waals surface area (Å²) < 4.78 is 5.27. The zero-order valence-electron chi connectivity index (χ0n) is 5.05. The van der Waals surface area contributed by atoms with E-state index in [1.807, 2.05) is 0 Å². The monoisotopic (exact) mass is 124 g/mol. The fourth-order valence-electron chi connectivity index (χ4n) is 1.04. The molecule has 1 aliphatic rings. The number of nitrogens with one attached hydrogen (secondary N) is 1. The van der Waals surface area contributed by atoms with Crippen molar-refractivity contribution < 1.29 is 4.74 Å². The van der Waals surface area contributed by atoms with Gasteiger partial charge in [-0.25, -0.2) is 0 Å². The molecule has 0 radical (unpaired) electrons. The number of ether oxygens (including phenoxy) is 1. The molecule has 0 unspecified atom stereocenters. The van der Waals surface area contributed by atoms with E-state index in [1.165, 1.54) is 0 Å². The summed E-state index contributed by atoms with van der Waals surface area (Å²) in [5, 5.41) is 6.74. The van der Waals surface area contributed by atoms with Crippen LogP contribution in [0.25, 0.3) is 0 Å². The Hall–Kier alpha value is -0.990. The lowest BCUT2D eigenvalue weighted by Crippen LogP contribution is -2.06. The van der Waals surface area contributed by atoms with Crippen LogP contribution in [0.5, 0.6) is 5.75 Å². The number of rotatable bonds is 0. The fourth-order valence-corrected chi connectivity index (χ4v) is 1.04. The van der Waals surface area contributed by atoms with Crippen LogP contribution in [0.15, 0.2) is 6.20 Å². The van der Waals surface area contributed by atoms with Gasteiger partial charge in [-0.2, -0.15) is 5.10 Å². The van der Waals surface area contributed by atoms with Crippen LogP contribution >= 0.6 is 0 Å². The third-order valence-corrected chi connectivity index (χ3v) is 1.51. The molecule has 0 fully saturated rings. The largest absolute Gasteiger partial charge is 0.490 e. The highest BCUT2D eigenvalue weighted by Crippen LogP contribution is 2.20. The second kappa shape index (κ2) is 1.76. The quantitative estimate of drug-likeness (QED) is 0.553. The molecular formula is C6H8N2O. The topological polar surface area (TPSA) is 37.9 Å². The molecule has 1 aromatic rings. The van der Waals surface area contributed by atoms with E-state index in [0.717, 1.165) is 30.9 Å². The summed E-state index contributed by atoms with van der Waals surface area (Å²) in [4.78, 5) is 0. The molecule has 2 heterocycles. The smallest absolute Gasteiger partial charge is 0.160 e. The first-order valence-electron chi connectivity index (χ1n) is 3.12. The number of H-pyrrole nitrogens is 1. The minimum atomic E-state index is 0.840. The summed E-state index contributed by atoms with van der Waals surface area (Å²) in [6.07, 6.45) is 3.92. The van der Waals surface area contributed by atoms with Crippen molar-refractivity contribution in [2.24, 2.45) is 0 Å². The lowest BCUT2D eigenvalue weighted by molar-refractivity contribution is 0.288. The Labute approximate surface area is 53.0 Å². The minimum absolute atomic E-state index is 0.840. The minimum Gasteiger partial charge on any atom is -0.490 e. The van der Waals surface area contributed by atoms with E-state index in [-0.39, 0.29) is 0 Å². The molecule has 2 rings (SSSR count). The van der Waals surface area contributed by atoms with E-state index in [2.05, 4.69) is 10.2 Å². The van der Waals surface area contributed by atoms with Gasteiger partial charge in [0.25, 0.3) is 0 Å². The third-order valence-electron chi connectivity index (χ3n) is 1.51. The molecule has 3 nitrogen and oxygen atoms in total. The van der Waals surface area contributed by atoms with Crippen molar-refractivity contribution in [1.82, 2.24) is 10.2 Å². The number of hydrogen-bond acceptors (Lipinski definition) is 2. The number of aromatic amines is 1. The standard InChI is InChI=1S/C6H8N2O/c1-2-5-6(9-3-1)4-7-8-5/h4H,1-3H2,(H,7,8). The maximum Gasteiger partial charge on any atom is 0.160 e. The zero-order valence-corrected chi connectivity index (χ0v) is 5.05. The molecule has 0 spiro atoms. The molecule has 1 aromatic heterocycles. The van der Waals surface area contributed by atoms with Gasteiger partial charge in [0.2, 0.25) is 0 Å². The Morgan fingerprint density at radius 1 is 1.67 bits per heavy atom. The average Bonchev–Trinajstić information content (AvgIpc) is 2.33. The molecule has 48 valence electrons. The van der Waals surface area contributed by atoms with Crippen molar-refractivity contribution in [2.45, 2.75) is 12.8 Å². The van der Waals surface area contributed by atoms with Gasteiger partial charge in [-0.3, -0.25) is 5.10 Å². The van der Waals surface area contributed by atoms with E-state index in [1.54, 1.807) is 6.20 Å². The van der Waals surface area contributed by atoms with Crippen molar-refractivity contribution in [3.63, 3.8) is 0 Å². The molecule has 0 saturated heterocycles. The Balaban J connectivity index is 2.39. The summed E-state index contributed by atoms with van der Waals surface area (Å²) >= 11 is 0. The maximum atomic E-state index is 5.27. The highest BCUT2D eigenvalue weighted by atomic mass is 16.5. The summed E-state index contributed by atoms with van der Waals surface area (Å²) in [7, 11) is 0. The molecule has 3 heteroatoms. The van der Waals surface area contributed by atoms with Crippen molar-refractivity contribution in [3.05, 3.63) is 11.9 Å². The van der Waals surface area contributed by atoms with Gasteiger partial charge in [0.1, 0.15) is 0 Å². The summed E-state index contributed by atoms with van der Waals surface area (Å²) in [5.41, 5.74) is 1.14. The summed E-state index contributed by atoms with van der Waals surface area (Å²) in [6.45, 7) is 0.840. The Kier molecular flexibility index (Phi) is 0.946. The van der Waals surface area contributed by atoms with Crippen LogP contribution in [0, 0.1) is 0 Å². The van der Waals surface area contributed by atoms with Crippen LogP contribution in [0.2, 0.25) is 0 Å². The van der Waals surface area contributed by atoms with Crippen molar-refractivity contribution in [3.8, 4) is 5.75 Å². The molecule has 9 heavy (non-hydrogen) atoms. The zero-order chi connectivity index (χ0) is 6.10. The van der Waals surface area contributed by atoms with Gasteiger partial charge < -0.3 is 4.74 Å². The van der Waals surface area contributed by atoms with Crippen LogP contribution in [-0.4, -0.2) is 16.8 Å². The molecule has 1 aliphatic heterocycles. The highest BCUT2D eigenvalue weighted by molar-refractivity contribution is 5.25.